The lowest BCUT2D eigenvalue weighted by atomic mass is 9.98. The molecule has 92 valence electrons. The fourth-order valence-electron chi connectivity index (χ4n) is 2.50. The van der Waals surface area contributed by atoms with Crippen LogP contribution in [0.4, 0.5) is 0 Å². The Bertz CT molecular complexity index is 635. The molecular formula is C12H11N3O3. The monoisotopic (exact) mass is 245 g/mol. The number of aromatic amines is 1. The summed E-state index contributed by atoms with van der Waals surface area (Å²) < 4.78 is 0. The van der Waals surface area contributed by atoms with E-state index in [9.17, 15) is 9.70 Å². The predicted molar refractivity (Wildman–Crippen MR) is 64.8 cm³/mol. The first kappa shape index (κ1) is 10.8. The van der Waals surface area contributed by atoms with E-state index in [0.717, 1.165) is 27.2 Å². The number of carbonyl (C=O) groups is 1. The van der Waals surface area contributed by atoms with E-state index < -0.39 is 12.0 Å². The number of aromatic nitrogens is 1. The highest BCUT2D eigenvalue weighted by atomic mass is 16.4. The molecule has 18 heavy (non-hydrogen) atoms. The zero-order valence-corrected chi connectivity index (χ0v) is 9.46. The van der Waals surface area contributed by atoms with E-state index in [0.29, 0.717) is 6.42 Å². The Labute approximate surface area is 102 Å². The number of hydrogen-bond donors (Lipinski definition) is 2. The minimum Gasteiger partial charge on any atom is -0.480 e. The second-order valence-corrected chi connectivity index (χ2v) is 4.37. The standard InChI is InChI=1S/C12H11N3O3/c16-12(17)11-5-8-7-3-1-2-4-9(7)13-10(8)6-15(11)14-18/h1-4,11,13H,5-6H2,(H,16,17). The zero-order valence-electron chi connectivity index (χ0n) is 9.46. The Morgan fingerprint density at radius 1 is 1.44 bits per heavy atom. The molecule has 1 atom stereocenters. The third-order valence-electron chi connectivity index (χ3n) is 3.37. The van der Waals surface area contributed by atoms with Gasteiger partial charge in [-0.05, 0) is 11.6 Å². The largest absolute Gasteiger partial charge is 0.480 e. The number of fused-ring (bicyclic) bond motifs is 3. The van der Waals surface area contributed by atoms with E-state index >= 15 is 0 Å². The predicted octanol–water partition coefficient (Wildman–Crippen LogP) is 1.66. The Morgan fingerprint density at radius 3 is 2.94 bits per heavy atom. The minimum absolute atomic E-state index is 0.213. The second kappa shape index (κ2) is 3.83. The maximum absolute atomic E-state index is 11.1. The van der Waals surface area contributed by atoms with Crippen LogP contribution < -0.4 is 0 Å². The molecule has 0 spiro atoms. The molecular weight excluding hydrogens is 234 g/mol. The summed E-state index contributed by atoms with van der Waals surface area (Å²) in [5, 5.41) is 14.0. The number of carboxylic acids is 1. The first-order chi connectivity index (χ1) is 8.70. The van der Waals surface area contributed by atoms with Gasteiger partial charge in [-0.1, -0.05) is 18.2 Å². The lowest BCUT2D eigenvalue weighted by Gasteiger charge is -2.27. The smallest absolute Gasteiger partial charge is 0.328 e. The number of nitroso groups, excluding NO2 is 1. The lowest BCUT2D eigenvalue weighted by Crippen LogP contribution is -2.42. The SMILES string of the molecule is O=NN1Cc2[nH]c3ccccc3c2CC1C(=O)O. The van der Waals surface area contributed by atoms with Crippen molar-refractivity contribution < 1.29 is 9.90 Å². The average molecular weight is 245 g/mol. The number of nitrogens with one attached hydrogen (secondary N) is 1. The minimum atomic E-state index is -1.02. The van der Waals surface area contributed by atoms with Crippen molar-refractivity contribution in [3.05, 3.63) is 40.4 Å². The molecule has 2 N–H and O–H groups in total. The topological polar surface area (TPSA) is 85.8 Å². The van der Waals surface area contributed by atoms with E-state index in [4.69, 9.17) is 5.11 Å². The summed E-state index contributed by atoms with van der Waals surface area (Å²) in [6, 6.07) is 6.83. The van der Waals surface area contributed by atoms with Gasteiger partial charge in [-0.15, -0.1) is 4.91 Å². The quantitative estimate of drug-likeness (QED) is 0.788. The molecule has 1 aliphatic heterocycles. The first-order valence-electron chi connectivity index (χ1n) is 5.62. The van der Waals surface area contributed by atoms with Crippen molar-refractivity contribution in [1.82, 2.24) is 9.99 Å². The van der Waals surface area contributed by atoms with Crippen molar-refractivity contribution in [3.8, 4) is 0 Å². The highest BCUT2D eigenvalue weighted by molar-refractivity contribution is 5.86. The molecule has 1 aromatic heterocycles. The van der Waals surface area contributed by atoms with Crippen molar-refractivity contribution in [1.29, 1.82) is 0 Å². The number of carboxylic acid groups (broad SMARTS) is 1. The molecule has 2 heterocycles. The highest BCUT2D eigenvalue weighted by Crippen LogP contribution is 2.30. The number of para-hydroxylation sites is 1. The van der Waals surface area contributed by atoms with Crippen LogP contribution in [-0.4, -0.2) is 27.1 Å². The van der Waals surface area contributed by atoms with Crippen LogP contribution in [0.5, 0.6) is 0 Å². The Balaban J connectivity index is 2.13. The van der Waals surface area contributed by atoms with Gasteiger partial charge < -0.3 is 10.1 Å². The average Bonchev–Trinajstić information content (AvgIpc) is 2.74. The van der Waals surface area contributed by atoms with Gasteiger partial charge in [0.1, 0.15) is 0 Å². The fraction of sp³-hybridized carbons (Fsp3) is 0.250. The molecule has 6 nitrogen and oxygen atoms in total. The number of nitrogens with zero attached hydrogens (tertiary/aromatic N) is 2. The van der Waals surface area contributed by atoms with Crippen LogP contribution in [-0.2, 0) is 17.8 Å². The van der Waals surface area contributed by atoms with Gasteiger partial charge in [-0.2, -0.15) is 0 Å². The van der Waals surface area contributed by atoms with Gasteiger partial charge in [0.15, 0.2) is 6.04 Å². The van der Waals surface area contributed by atoms with Gasteiger partial charge in [0, 0.05) is 23.0 Å². The van der Waals surface area contributed by atoms with Crippen molar-refractivity contribution in [2.45, 2.75) is 19.0 Å². The van der Waals surface area contributed by atoms with Crippen LogP contribution in [0.3, 0.4) is 0 Å². The van der Waals surface area contributed by atoms with Crippen molar-refractivity contribution in [3.63, 3.8) is 0 Å². The Hall–Kier alpha value is -2.37. The summed E-state index contributed by atoms with van der Waals surface area (Å²) in [6.45, 7) is 0.213. The van der Waals surface area contributed by atoms with E-state index in [2.05, 4.69) is 10.3 Å². The maximum Gasteiger partial charge on any atom is 0.328 e. The van der Waals surface area contributed by atoms with Gasteiger partial charge in [0.2, 0.25) is 0 Å². The third-order valence-corrected chi connectivity index (χ3v) is 3.37. The molecule has 1 unspecified atom stereocenters. The molecule has 3 rings (SSSR count). The van der Waals surface area contributed by atoms with Crippen LogP contribution in [0.15, 0.2) is 29.6 Å². The summed E-state index contributed by atoms with van der Waals surface area (Å²) in [7, 11) is 0. The summed E-state index contributed by atoms with van der Waals surface area (Å²) in [6.07, 6.45) is 0.292. The number of aliphatic carboxylic acids is 1. The van der Waals surface area contributed by atoms with Gasteiger partial charge in [0.25, 0.3) is 0 Å². The van der Waals surface area contributed by atoms with Crippen molar-refractivity contribution in [2.24, 2.45) is 5.29 Å². The maximum atomic E-state index is 11.1. The lowest BCUT2D eigenvalue weighted by molar-refractivity contribution is -0.144. The first-order valence-corrected chi connectivity index (χ1v) is 5.62. The van der Waals surface area contributed by atoms with Crippen LogP contribution >= 0.6 is 0 Å². The molecule has 0 amide bonds. The fourth-order valence-corrected chi connectivity index (χ4v) is 2.50. The van der Waals surface area contributed by atoms with Crippen LogP contribution in [0.1, 0.15) is 11.3 Å². The molecule has 0 bridgehead atoms. The summed E-state index contributed by atoms with van der Waals surface area (Å²) in [5.74, 6) is -1.02. The van der Waals surface area contributed by atoms with Crippen molar-refractivity contribution >= 4 is 16.9 Å². The molecule has 0 saturated heterocycles. The van der Waals surface area contributed by atoms with Gasteiger partial charge in [-0.3, -0.25) is 0 Å². The molecule has 1 aromatic carbocycles. The molecule has 6 heteroatoms. The number of benzene rings is 1. The number of hydrogen-bond acceptors (Lipinski definition) is 3. The normalized spacial score (nSPS) is 18.7. The summed E-state index contributed by atoms with van der Waals surface area (Å²) in [4.78, 5) is 25.0. The molecule has 1 aliphatic rings. The van der Waals surface area contributed by atoms with Crippen LogP contribution in [0.25, 0.3) is 10.9 Å². The van der Waals surface area contributed by atoms with E-state index in [-0.39, 0.29) is 6.54 Å². The Morgan fingerprint density at radius 2 is 2.22 bits per heavy atom. The van der Waals surface area contributed by atoms with E-state index in [1.165, 1.54) is 0 Å². The van der Waals surface area contributed by atoms with E-state index in [1.54, 1.807) is 0 Å². The van der Waals surface area contributed by atoms with E-state index in [1.807, 2.05) is 24.3 Å². The molecule has 0 fully saturated rings. The van der Waals surface area contributed by atoms with Gasteiger partial charge in [-0.25, -0.2) is 9.80 Å². The zero-order chi connectivity index (χ0) is 12.7. The third kappa shape index (κ3) is 1.46. The Kier molecular flexibility index (Phi) is 2.29. The highest BCUT2D eigenvalue weighted by Gasteiger charge is 2.33. The molecule has 0 saturated carbocycles. The number of rotatable bonds is 2. The van der Waals surface area contributed by atoms with Crippen LogP contribution in [0.2, 0.25) is 0 Å². The second-order valence-electron chi connectivity index (χ2n) is 4.37. The van der Waals surface area contributed by atoms with Gasteiger partial charge >= 0.3 is 5.97 Å². The molecule has 2 aromatic rings. The number of H-pyrrole nitrogens is 1. The van der Waals surface area contributed by atoms with Crippen molar-refractivity contribution in [2.75, 3.05) is 0 Å². The summed E-state index contributed by atoms with van der Waals surface area (Å²) in [5.41, 5.74) is 2.80. The van der Waals surface area contributed by atoms with Crippen LogP contribution in [0, 0.1) is 4.91 Å². The summed E-state index contributed by atoms with van der Waals surface area (Å²) >= 11 is 0. The molecule has 0 aliphatic carbocycles. The molecule has 0 radical (unpaired) electrons. The van der Waals surface area contributed by atoms with Gasteiger partial charge in [0.05, 0.1) is 11.8 Å².